The Morgan fingerprint density at radius 1 is 1.08 bits per heavy atom. The maximum atomic E-state index is 6.28. The van der Waals surface area contributed by atoms with Gasteiger partial charge in [0.1, 0.15) is 12.1 Å². The summed E-state index contributed by atoms with van der Waals surface area (Å²) in [4.78, 5) is 13.4. The molecule has 0 aliphatic carbocycles. The zero-order valence-electron chi connectivity index (χ0n) is 14.4. The average molecular weight is 364 g/mol. The molecule has 0 saturated carbocycles. The molecular formula is C20H18ClN5. The Bertz CT molecular complexity index is 1040. The lowest BCUT2D eigenvalue weighted by Gasteiger charge is -2.08. The highest BCUT2D eigenvalue weighted by molar-refractivity contribution is 6.32. The second kappa shape index (κ2) is 7.14. The molecule has 0 bridgehead atoms. The lowest BCUT2D eigenvalue weighted by atomic mass is 10.1. The predicted molar refractivity (Wildman–Crippen MR) is 105 cm³/mol. The number of anilines is 1. The molecule has 0 saturated heterocycles. The van der Waals surface area contributed by atoms with E-state index in [-0.39, 0.29) is 0 Å². The maximum Gasteiger partial charge on any atom is 0.224 e. The van der Waals surface area contributed by atoms with Crippen molar-refractivity contribution in [2.24, 2.45) is 0 Å². The molecule has 0 amide bonds. The molecule has 0 spiro atoms. The molecule has 26 heavy (non-hydrogen) atoms. The Morgan fingerprint density at radius 3 is 2.77 bits per heavy atom. The molecule has 130 valence electrons. The van der Waals surface area contributed by atoms with E-state index < -0.39 is 0 Å². The molecule has 6 heteroatoms. The molecule has 0 aliphatic rings. The first-order valence-electron chi connectivity index (χ1n) is 8.45. The Morgan fingerprint density at radius 2 is 1.92 bits per heavy atom. The van der Waals surface area contributed by atoms with Crippen LogP contribution >= 0.6 is 11.6 Å². The Balaban J connectivity index is 1.55. The van der Waals surface area contributed by atoms with Gasteiger partial charge in [0.05, 0.1) is 11.0 Å². The van der Waals surface area contributed by atoms with E-state index in [1.807, 2.05) is 47.9 Å². The zero-order valence-corrected chi connectivity index (χ0v) is 15.1. The van der Waals surface area contributed by atoms with E-state index in [1.165, 1.54) is 5.56 Å². The van der Waals surface area contributed by atoms with Crippen LogP contribution in [-0.4, -0.2) is 26.1 Å². The topological polar surface area (TPSA) is 55.6 Å². The molecule has 2 heterocycles. The number of aryl methyl sites for hydroxylation is 1. The van der Waals surface area contributed by atoms with Gasteiger partial charge < -0.3 is 5.32 Å². The number of fused-ring (bicyclic) bond motifs is 1. The van der Waals surface area contributed by atoms with Gasteiger partial charge in [-0.3, -0.25) is 4.57 Å². The van der Waals surface area contributed by atoms with Crippen LogP contribution in [0, 0.1) is 6.92 Å². The lowest BCUT2D eigenvalue weighted by Crippen LogP contribution is -2.09. The molecule has 0 fully saturated rings. The highest BCUT2D eigenvalue weighted by Gasteiger charge is 2.09. The molecule has 0 unspecified atom stereocenters. The molecule has 4 rings (SSSR count). The SMILES string of the molecule is Cc1cc2ncn(-c3ccnc(NCCc4ccccc4)n3)c2cc1Cl. The normalized spacial score (nSPS) is 11.0. The van der Waals surface area contributed by atoms with Gasteiger partial charge in [-0.1, -0.05) is 41.9 Å². The van der Waals surface area contributed by atoms with Gasteiger partial charge in [-0.15, -0.1) is 0 Å². The van der Waals surface area contributed by atoms with Crippen molar-refractivity contribution in [3.63, 3.8) is 0 Å². The van der Waals surface area contributed by atoms with Gasteiger partial charge in [0.15, 0.2) is 0 Å². The van der Waals surface area contributed by atoms with Crippen LogP contribution < -0.4 is 5.32 Å². The molecule has 0 radical (unpaired) electrons. The van der Waals surface area contributed by atoms with Crippen LogP contribution in [0.1, 0.15) is 11.1 Å². The molecule has 5 nitrogen and oxygen atoms in total. The minimum atomic E-state index is 0.596. The van der Waals surface area contributed by atoms with Crippen LogP contribution in [0.15, 0.2) is 61.1 Å². The largest absolute Gasteiger partial charge is 0.354 e. The van der Waals surface area contributed by atoms with E-state index in [4.69, 9.17) is 11.6 Å². The fraction of sp³-hybridized carbons (Fsp3) is 0.150. The first-order chi connectivity index (χ1) is 12.7. The smallest absolute Gasteiger partial charge is 0.224 e. The van der Waals surface area contributed by atoms with Gasteiger partial charge in [0, 0.05) is 17.8 Å². The van der Waals surface area contributed by atoms with E-state index in [0.717, 1.165) is 40.4 Å². The van der Waals surface area contributed by atoms with Crippen LogP contribution in [0.5, 0.6) is 0 Å². The van der Waals surface area contributed by atoms with Crippen LogP contribution in [0.4, 0.5) is 5.95 Å². The van der Waals surface area contributed by atoms with Crippen LogP contribution in [0.25, 0.3) is 16.9 Å². The lowest BCUT2D eigenvalue weighted by molar-refractivity contribution is 0.953. The minimum absolute atomic E-state index is 0.596. The predicted octanol–water partition coefficient (Wildman–Crippen LogP) is 4.43. The van der Waals surface area contributed by atoms with Crippen molar-refractivity contribution in [2.75, 3.05) is 11.9 Å². The fourth-order valence-corrected chi connectivity index (χ4v) is 3.01. The van der Waals surface area contributed by atoms with Crippen molar-refractivity contribution in [3.8, 4) is 5.82 Å². The van der Waals surface area contributed by atoms with Crippen molar-refractivity contribution >= 4 is 28.6 Å². The average Bonchev–Trinajstić information content (AvgIpc) is 3.06. The van der Waals surface area contributed by atoms with Crippen molar-refractivity contribution in [3.05, 3.63) is 77.2 Å². The van der Waals surface area contributed by atoms with E-state index >= 15 is 0 Å². The van der Waals surface area contributed by atoms with Gasteiger partial charge in [0.2, 0.25) is 5.95 Å². The summed E-state index contributed by atoms with van der Waals surface area (Å²) >= 11 is 6.28. The number of imidazole rings is 1. The fourth-order valence-electron chi connectivity index (χ4n) is 2.85. The highest BCUT2D eigenvalue weighted by atomic mass is 35.5. The third-order valence-corrected chi connectivity index (χ3v) is 4.66. The Kier molecular flexibility index (Phi) is 4.54. The number of halogens is 1. The van der Waals surface area contributed by atoms with Crippen molar-refractivity contribution in [1.29, 1.82) is 0 Å². The van der Waals surface area contributed by atoms with E-state index in [1.54, 1.807) is 12.5 Å². The van der Waals surface area contributed by atoms with Crippen LogP contribution in [-0.2, 0) is 6.42 Å². The van der Waals surface area contributed by atoms with Crippen LogP contribution in [0.2, 0.25) is 5.02 Å². The van der Waals surface area contributed by atoms with Gasteiger partial charge in [-0.25, -0.2) is 9.97 Å². The highest BCUT2D eigenvalue weighted by Crippen LogP contribution is 2.24. The number of aromatic nitrogens is 4. The molecule has 0 aliphatic heterocycles. The van der Waals surface area contributed by atoms with Crippen molar-refractivity contribution < 1.29 is 0 Å². The molecule has 2 aromatic carbocycles. The summed E-state index contributed by atoms with van der Waals surface area (Å²) < 4.78 is 1.92. The van der Waals surface area contributed by atoms with E-state index in [2.05, 4.69) is 32.4 Å². The summed E-state index contributed by atoms with van der Waals surface area (Å²) in [5.74, 6) is 1.35. The summed E-state index contributed by atoms with van der Waals surface area (Å²) in [5.41, 5.74) is 4.11. The Labute approximate surface area is 156 Å². The summed E-state index contributed by atoms with van der Waals surface area (Å²) in [6.07, 6.45) is 4.42. The standard InChI is InChI=1S/C20H18ClN5/c1-14-11-17-18(12-16(14)21)26(13-24-17)19-8-10-23-20(25-19)22-9-7-15-5-3-2-4-6-15/h2-6,8,10-13H,7,9H2,1H3,(H,22,23,25). The number of rotatable bonds is 5. The van der Waals surface area contributed by atoms with Crippen molar-refractivity contribution in [2.45, 2.75) is 13.3 Å². The van der Waals surface area contributed by atoms with Crippen LogP contribution in [0.3, 0.4) is 0 Å². The quantitative estimate of drug-likeness (QED) is 0.569. The van der Waals surface area contributed by atoms with Gasteiger partial charge in [0.25, 0.3) is 0 Å². The maximum absolute atomic E-state index is 6.28. The number of nitrogens with one attached hydrogen (secondary N) is 1. The molecule has 2 aromatic heterocycles. The first kappa shape index (κ1) is 16.5. The van der Waals surface area contributed by atoms with E-state index in [0.29, 0.717) is 5.95 Å². The number of hydrogen-bond donors (Lipinski definition) is 1. The summed E-state index contributed by atoms with van der Waals surface area (Å²) in [5, 5.41) is 4.00. The molecule has 4 aromatic rings. The second-order valence-electron chi connectivity index (χ2n) is 6.11. The Hall–Kier alpha value is -2.92. The summed E-state index contributed by atoms with van der Waals surface area (Å²) in [6.45, 7) is 2.74. The third-order valence-electron chi connectivity index (χ3n) is 4.25. The molecule has 0 atom stereocenters. The summed E-state index contributed by atoms with van der Waals surface area (Å²) in [6, 6.07) is 16.1. The van der Waals surface area contributed by atoms with Gasteiger partial charge in [-0.2, -0.15) is 4.98 Å². The number of hydrogen-bond acceptors (Lipinski definition) is 4. The molecule has 1 N–H and O–H groups in total. The zero-order chi connectivity index (χ0) is 17.9. The van der Waals surface area contributed by atoms with E-state index in [9.17, 15) is 0 Å². The number of nitrogens with zero attached hydrogens (tertiary/aromatic N) is 4. The second-order valence-corrected chi connectivity index (χ2v) is 6.51. The van der Waals surface area contributed by atoms with Crippen molar-refractivity contribution in [1.82, 2.24) is 19.5 Å². The monoisotopic (exact) mass is 363 g/mol. The van der Waals surface area contributed by atoms with Gasteiger partial charge >= 0.3 is 0 Å². The first-order valence-corrected chi connectivity index (χ1v) is 8.83. The summed E-state index contributed by atoms with van der Waals surface area (Å²) in [7, 11) is 0. The molecular weight excluding hydrogens is 346 g/mol. The minimum Gasteiger partial charge on any atom is -0.354 e. The third kappa shape index (κ3) is 3.39. The van der Waals surface area contributed by atoms with Gasteiger partial charge in [-0.05, 0) is 42.7 Å². The number of benzene rings is 2.